The van der Waals surface area contributed by atoms with E-state index in [1.807, 2.05) is 36.4 Å². The molecule has 0 amide bonds. The lowest BCUT2D eigenvalue weighted by atomic mass is 10.1. The topological polar surface area (TPSA) is 20.2 Å². The maximum atomic E-state index is 9.30. The summed E-state index contributed by atoms with van der Waals surface area (Å²) in [5.74, 6) is 0. The smallest absolute Gasteiger partial charge is 0.0876 e. The molecule has 0 unspecified atom stereocenters. The third-order valence-electron chi connectivity index (χ3n) is 2.85. The van der Waals surface area contributed by atoms with Crippen LogP contribution in [0.1, 0.15) is 11.1 Å². The van der Waals surface area contributed by atoms with E-state index in [2.05, 4.69) is 12.1 Å². The van der Waals surface area contributed by atoms with Crippen LogP contribution in [0, 0.1) is 0 Å². The van der Waals surface area contributed by atoms with Gasteiger partial charge in [-0.3, -0.25) is 0 Å². The van der Waals surface area contributed by atoms with Crippen molar-refractivity contribution in [3.63, 3.8) is 0 Å². The first-order valence-corrected chi connectivity index (χ1v) is 4.95. The SMILES string of the molecule is OC=C1c2ccccc2-c2ccccc21. The average molecular weight is 194 g/mol. The Morgan fingerprint density at radius 3 is 1.47 bits per heavy atom. The van der Waals surface area contributed by atoms with E-state index in [-0.39, 0.29) is 0 Å². The van der Waals surface area contributed by atoms with Gasteiger partial charge in [0.1, 0.15) is 0 Å². The third-order valence-corrected chi connectivity index (χ3v) is 2.85. The van der Waals surface area contributed by atoms with Gasteiger partial charge in [-0.15, -0.1) is 0 Å². The van der Waals surface area contributed by atoms with Crippen molar-refractivity contribution >= 4 is 5.57 Å². The molecule has 0 spiro atoms. The Morgan fingerprint density at radius 2 is 1.07 bits per heavy atom. The minimum Gasteiger partial charge on any atom is -0.515 e. The van der Waals surface area contributed by atoms with Crippen LogP contribution in [0.2, 0.25) is 0 Å². The Balaban J connectivity index is 2.41. The molecule has 15 heavy (non-hydrogen) atoms. The molecule has 1 N–H and O–H groups in total. The Kier molecular flexibility index (Phi) is 1.65. The zero-order valence-corrected chi connectivity index (χ0v) is 8.14. The van der Waals surface area contributed by atoms with Crippen LogP contribution >= 0.6 is 0 Å². The van der Waals surface area contributed by atoms with Gasteiger partial charge in [-0.05, 0) is 22.3 Å². The Morgan fingerprint density at radius 1 is 0.667 bits per heavy atom. The first-order chi connectivity index (χ1) is 7.42. The van der Waals surface area contributed by atoms with E-state index in [4.69, 9.17) is 0 Å². The third kappa shape index (κ3) is 1.03. The maximum absolute atomic E-state index is 9.30. The van der Waals surface area contributed by atoms with Crippen molar-refractivity contribution in [1.82, 2.24) is 0 Å². The van der Waals surface area contributed by atoms with E-state index in [1.165, 1.54) is 17.4 Å². The van der Waals surface area contributed by atoms with Crippen LogP contribution in [0.3, 0.4) is 0 Å². The Hall–Kier alpha value is -2.02. The molecule has 1 aliphatic rings. The molecule has 0 aliphatic heterocycles. The second-order valence-electron chi connectivity index (χ2n) is 3.63. The molecule has 1 aliphatic carbocycles. The van der Waals surface area contributed by atoms with Crippen LogP contribution in [0.25, 0.3) is 16.7 Å². The van der Waals surface area contributed by atoms with Gasteiger partial charge in [-0.1, -0.05) is 48.5 Å². The van der Waals surface area contributed by atoms with E-state index in [0.717, 1.165) is 16.7 Å². The molecule has 0 heterocycles. The first-order valence-electron chi connectivity index (χ1n) is 4.95. The van der Waals surface area contributed by atoms with Crippen molar-refractivity contribution in [2.75, 3.05) is 0 Å². The number of aliphatic hydroxyl groups is 1. The monoisotopic (exact) mass is 194 g/mol. The minimum absolute atomic E-state index is 0.918. The minimum atomic E-state index is 0.918. The maximum Gasteiger partial charge on any atom is 0.0876 e. The second kappa shape index (κ2) is 2.99. The summed E-state index contributed by atoms with van der Waals surface area (Å²) in [5.41, 5.74) is 5.55. The average Bonchev–Trinajstić information content (AvgIpc) is 2.63. The lowest BCUT2D eigenvalue weighted by Gasteiger charge is -1.98. The van der Waals surface area contributed by atoms with Gasteiger partial charge < -0.3 is 5.11 Å². The van der Waals surface area contributed by atoms with Crippen molar-refractivity contribution in [3.05, 3.63) is 65.9 Å². The molecule has 0 saturated carbocycles. The van der Waals surface area contributed by atoms with Crippen LogP contribution in [0.4, 0.5) is 0 Å². The van der Waals surface area contributed by atoms with Gasteiger partial charge in [0.25, 0.3) is 0 Å². The highest BCUT2D eigenvalue weighted by molar-refractivity contribution is 6.00. The van der Waals surface area contributed by atoms with E-state index >= 15 is 0 Å². The number of benzene rings is 2. The summed E-state index contributed by atoms with van der Waals surface area (Å²) in [6.07, 6.45) is 1.20. The van der Waals surface area contributed by atoms with E-state index in [9.17, 15) is 5.11 Å². The molecule has 1 nitrogen and oxygen atoms in total. The largest absolute Gasteiger partial charge is 0.515 e. The van der Waals surface area contributed by atoms with Gasteiger partial charge in [0, 0.05) is 5.57 Å². The zero-order chi connectivity index (χ0) is 10.3. The molecule has 1 heteroatoms. The van der Waals surface area contributed by atoms with Crippen LogP contribution < -0.4 is 0 Å². The number of rotatable bonds is 0. The standard InChI is InChI=1S/C14H10O/c15-9-14-12-7-3-1-5-10(12)11-6-2-4-8-13(11)14/h1-9,15H. The fraction of sp³-hybridized carbons (Fsp3) is 0. The van der Waals surface area contributed by atoms with Gasteiger partial charge in [0.2, 0.25) is 0 Å². The summed E-state index contributed by atoms with van der Waals surface area (Å²) in [6, 6.07) is 16.3. The fourth-order valence-electron chi connectivity index (χ4n) is 2.19. The van der Waals surface area contributed by atoms with Gasteiger partial charge in [0.05, 0.1) is 6.26 Å². The van der Waals surface area contributed by atoms with Gasteiger partial charge >= 0.3 is 0 Å². The first kappa shape index (κ1) is 8.30. The van der Waals surface area contributed by atoms with Gasteiger partial charge in [-0.2, -0.15) is 0 Å². The highest BCUT2D eigenvalue weighted by Gasteiger charge is 2.21. The summed E-state index contributed by atoms with van der Waals surface area (Å²) in [5, 5.41) is 9.30. The molecule has 72 valence electrons. The van der Waals surface area contributed by atoms with Gasteiger partial charge in [-0.25, -0.2) is 0 Å². The predicted octanol–water partition coefficient (Wildman–Crippen LogP) is 3.61. The van der Waals surface area contributed by atoms with Crippen LogP contribution in [-0.2, 0) is 0 Å². The molecule has 0 fully saturated rings. The molecule has 0 atom stereocenters. The molecule has 2 aromatic carbocycles. The lowest BCUT2D eigenvalue weighted by Crippen LogP contribution is -1.79. The Labute approximate surface area is 88.3 Å². The second-order valence-corrected chi connectivity index (χ2v) is 3.63. The highest BCUT2D eigenvalue weighted by Crippen LogP contribution is 2.43. The zero-order valence-electron chi connectivity index (χ0n) is 8.14. The number of hydrogen-bond donors (Lipinski definition) is 1. The summed E-state index contributed by atoms with van der Waals surface area (Å²) < 4.78 is 0. The van der Waals surface area contributed by atoms with Crippen molar-refractivity contribution < 1.29 is 5.11 Å². The molecule has 0 aromatic heterocycles. The predicted molar refractivity (Wildman–Crippen MR) is 61.6 cm³/mol. The molecule has 0 saturated heterocycles. The van der Waals surface area contributed by atoms with Gasteiger partial charge in [0.15, 0.2) is 0 Å². The lowest BCUT2D eigenvalue weighted by molar-refractivity contribution is 0.476. The van der Waals surface area contributed by atoms with E-state index in [1.54, 1.807) is 0 Å². The number of hydrogen-bond acceptors (Lipinski definition) is 1. The van der Waals surface area contributed by atoms with Crippen molar-refractivity contribution in [2.24, 2.45) is 0 Å². The van der Waals surface area contributed by atoms with Crippen molar-refractivity contribution in [2.45, 2.75) is 0 Å². The van der Waals surface area contributed by atoms with E-state index < -0.39 is 0 Å². The quantitative estimate of drug-likeness (QED) is 0.542. The fourth-order valence-corrected chi connectivity index (χ4v) is 2.19. The molecule has 3 rings (SSSR count). The number of aliphatic hydroxyl groups excluding tert-OH is 1. The van der Waals surface area contributed by atoms with Crippen LogP contribution in [0.5, 0.6) is 0 Å². The number of fused-ring (bicyclic) bond motifs is 3. The summed E-state index contributed by atoms with van der Waals surface area (Å²) in [6.45, 7) is 0. The Bertz CT molecular complexity index is 505. The summed E-state index contributed by atoms with van der Waals surface area (Å²) in [7, 11) is 0. The summed E-state index contributed by atoms with van der Waals surface area (Å²) >= 11 is 0. The van der Waals surface area contributed by atoms with Crippen molar-refractivity contribution in [1.29, 1.82) is 0 Å². The highest BCUT2D eigenvalue weighted by atomic mass is 16.2. The molecular weight excluding hydrogens is 184 g/mol. The molecule has 0 radical (unpaired) electrons. The molecule has 2 aromatic rings. The molecule has 0 bridgehead atoms. The van der Waals surface area contributed by atoms with Crippen LogP contribution in [-0.4, -0.2) is 5.11 Å². The summed E-state index contributed by atoms with van der Waals surface area (Å²) in [4.78, 5) is 0. The van der Waals surface area contributed by atoms with E-state index in [0.29, 0.717) is 0 Å². The van der Waals surface area contributed by atoms with Crippen LogP contribution in [0.15, 0.2) is 54.8 Å². The normalized spacial score (nSPS) is 12.1. The molecular formula is C14H10O. The van der Waals surface area contributed by atoms with Crippen molar-refractivity contribution in [3.8, 4) is 11.1 Å².